The summed E-state index contributed by atoms with van der Waals surface area (Å²) in [7, 11) is 1.60. The minimum Gasteiger partial charge on any atom is -0.496 e. The summed E-state index contributed by atoms with van der Waals surface area (Å²) in [6.07, 6.45) is -0.796. The van der Waals surface area contributed by atoms with E-state index in [0.717, 1.165) is 11.3 Å². The van der Waals surface area contributed by atoms with E-state index in [1.165, 1.54) is 0 Å². The number of halogens is 1. The van der Waals surface area contributed by atoms with Crippen molar-refractivity contribution in [2.24, 2.45) is 0 Å². The second-order valence-corrected chi connectivity index (χ2v) is 5.52. The number of carbonyl (C=O) groups excluding carboxylic acids is 1. The van der Waals surface area contributed by atoms with E-state index in [2.05, 4.69) is 10.6 Å². The summed E-state index contributed by atoms with van der Waals surface area (Å²) in [5, 5.41) is 16.0. The lowest BCUT2D eigenvalue weighted by Crippen LogP contribution is -2.32. The normalized spacial score (nSPS) is 11.7. The average Bonchev–Trinajstić information content (AvgIpc) is 2.53. The molecule has 0 fully saturated rings. The monoisotopic (exact) mass is 334 g/mol. The van der Waals surface area contributed by atoms with Gasteiger partial charge in [-0.3, -0.25) is 0 Å². The zero-order chi connectivity index (χ0) is 16.8. The molecule has 2 rings (SSSR count). The number of carbonyl (C=O) groups is 1. The first-order valence-corrected chi connectivity index (χ1v) is 7.50. The Morgan fingerprint density at radius 3 is 2.57 bits per heavy atom. The molecule has 0 heterocycles. The Morgan fingerprint density at radius 2 is 1.96 bits per heavy atom. The summed E-state index contributed by atoms with van der Waals surface area (Å²) in [6, 6.07) is 11.8. The van der Waals surface area contributed by atoms with Crippen LogP contribution in [0.1, 0.15) is 17.2 Å². The van der Waals surface area contributed by atoms with Gasteiger partial charge in [0.2, 0.25) is 0 Å². The van der Waals surface area contributed by atoms with E-state index in [0.29, 0.717) is 16.3 Å². The molecule has 0 spiro atoms. The zero-order valence-electron chi connectivity index (χ0n) is 13.0. The van der Waals surface area contributed by atoms with E-state index < -0.39 is 6.10 Å². The highest BCUT2D eigenvalue weighted by Crippen LogP contribution is 2.21. The number of aliphatic hydroxyl groups is 1. The van der Waals surface area contributed by atoms with Crippen LogP contribution in [0.15, 0.2) is 42.5 Å². The number of hydrogen-bond donors (Lipinski definition) is 3. The van der Waals surface area contributed by atoms with Crippen molar-refractivity contribution in [1.29, 1.82) is 0 Å². The van der Waals surface area contributed by atoms with E-state index >= 15 is 0 Å². The summed E-state index contributed by atoms with van der Waals surface area (Å²) < 4.78 is 5.17. The Balaban J connectivity index is 1.87. The molecule has 0 aromatic heterocycles. The lowest BCUT2D eigenvalue weighted by Gasteiger charge is -2.14. The van der Waals surface area contributed by atoms with Crippen molar-refractivity contribution in [3.63, 3.8) is 0 Å². The molecular weight excluding hydrogens is 316 g/mol. The predicted molar refractivity (Wildman–Crippen MR) is 91.2 cm³/mol. The third-order valence-corrected chi connectivity index (χ3v) is 3.62. The molecule has 122 valence electrons. The van der Waals surface area contributed by atoms with Gasteiger partial charge in [-0.25, -0.2) is 4.79 Å². The second kappa shape index (κ2) is 7.85. The van der Waals surface area contributed by atoms with Crippen LogP contribution in [0.4, 0.5) is 10.5 Å². The lowest BCUT2D eigenvalue weighted by molar-refractivity contribution is 0.175. The molecule has 23 heavy (non-hydrogen) atoms. The Morgan fingerprint density at radius 1 is 1.26 bits per heavy atom. The first kappa shape index (κ1) is 17.1. The van der Waals surface area contributed by atoms with Gasteiger partial charge in [-0.2, -0.15) is 0 Å². The molecule has 0 aliphatic carbocycles. The number of ether oxygens (including phenoxy) is 1. The zero-order valence-corrected chi connectivity index (χ0v) is 13.7. The van der Waals surface area contributed by atoms with Crippen LogP contribution in [0.2, 0.25) is 5.02 Å². The second-order valence-electron chi connectivity index (χ2n) is 5.09. The highest BCUT2D eigenvalue weighted by Gasteiger charge is 2.10. The number of benzene rings is 2. The van der Waals surface area contributed by atoms with Gasteiger partial charge in [0.25, 0.3) is 0 Å². The molecule has 2 amide bonds. The van der Waals surface area contributed by atoms with Crippen molar-refractivity contribution in [3.05, 3.63) is 58.6 Å². The summed E-state index contributed by atoms with van der Waals surface area (Å²) in [6.45, 7) is 1.99. The molecule has 0 saturated carbocycles. The maximum atomic E-state index is 11.9. The number of nitrogens with one attached hydrogen (secondary N) is 2. The molecule has 6 heteroatoms. The van der Waals surface area contributed by atoms with Gasteiger partial charge in [0.1, 0.15) is 5.75 Å². The number of aryl methyl sites for hydroxylation is 1. The minimum atomic E-state index is -0.796. The SMILES string of the molecule is COc1ccc(NC(=O)NCC(O)c2ccc(Cl)cc2)cc1C. The summed E-state index contributed by atoms with van der Waals surface area (Å²) in [4.78, 5) is 11.9. The van der Waals surface area contributed by atoms with Gasteiger partial charge >= 0.3 is 6.03 Å². The molecule has 1 atom stereocenters. The van der Waals surface area contributed by atoms with E-state index in [1.807, 2.05) is 13.0 Å². The standard InChI is InChI=1S/C17H19ClN2O3/c1-11-9-14(7-8-16(11)23-2)20-17(22)19-10-15(21)12-3-5-13(18)6-4-12/h3-9,15,21H,10H2,1-2H3,(H2,19,20,22). The fraction of sp³-hybridized carbons (Fsp3) is 0.235. The van der Waals surface area contributed by atoms with Gasteiger partial charge < -0.3 is 20.5 Å². The quantitative estimate of drug-likeness (QED) is 0.783. The summed E-state index contributed by atoms with van der Waals surface area (Å²) in [5.41, 5.74) is 2.27. The maximum Gasteiger partial charge on any atom is 0.319 e. The van der Waals surface area contributed by atoms with Gasteiger partial charge in [-0.05, 0) is 48.4 Å². The number of rotatable bonds is 5. The highest BCUT2D eigenvalue weighted by molar-refractivity contribution is 6.30. The van der Waals surface area contributed by atoms with Crippen molar-refractivity contribution < 1.29 is 14.6 Å². The molecule has 2 aromatic carbocycles. The van der Waals surface area contributed by atoms with Crippen LogP contribution in [0.3, 0.4) is 0 Å². The number of urea groups is 1. The molecule has 0 radical (unpaired) electrons. The van der Waals surface area contributed by atoms with Crippen LogP contribution in [-0.2, 0) is 0 Å². The molecule has 0 bridgehead atoms. The molecule has 5 nitrogen and oxygen atoms in total. The Hall–Kier alpha value is -2.24. The first-order chi connectivity index (χ1) is 11.0. The predicted octanol–water partition coefficient (Wildman–Crippen LogP) is 3.51. The first-order valence-electron chi connectivity index (χ1n) is 7.12. The van der Waals surface area contributed by atoms with Crippen LogP contribution in [-0.4, -0.2) is 24.8 Å². The van der Waals surface area contributed by atoms with Gasteiger partial charge in [-0.15, -0.1) is 0 Å². The van der Waals surface area contributed by atoms with Crippen molar-refractivity contribution in [1.82, 2.24) is 5.32 Å². The van der Waals surface area contributed by atoms with E-state index in [9.17, 15) is 9.90 Å². The van der Waals surface area contributed by atoms with Crippen molar-refractivity contribution in [2.45, 2.75) is 13.0 Å². The molecule has 2 aromatic rings. The molecule has 0 aliphatic heterocycles. The number of aliphatic hydroxyl groups excluding tert-OH is 1. The highest BCUT2D eigenvalue weighted by atomic mass is 35.5. The van der Waals surface area contributed by atoms with Gasteiger partial charge in [-0.1, -0.05) is 23.7 Å². The third-order valence-electron chi connectivity index (χ3n) is 3.36. The van der Waals surface area contributed by atoms with Crippen molar-refractivity contribution >= 4 is 23.3 Å². The number of amides is 2. The molecule has 3 N–H and O–H groups in total. The molecule has 1 unspecified atom stereocenters. The van der Waals surface area contributed by atoms with Crippen LogP contribution in [0.5, 0.6) is 5.75 Å². The third kappa shape index (κ3) is 4.87. The lowest BCUT2D eigenvalue weighted by atomic mass is 10.1. The topological polar surface area (TPSA) is 70.6 Å². The number of hydrogen-bond acceptors (Lipinski definition) is 3. The Labute approximate surface area is 140 Å². The number of anilines is 1. The fourth-order valence-corrected chi connectivity index (χ4v) is 2.25. The largest absolute Gasteiger partial charge is 0.496 e. The van der Waals surface area contributed by atoms with Crippen LogP contribution < -0.4 is 15.4 Å². The maximum absolute atomic E-state index is 11.9. The number of methoxy groups -OCH3 is 1. The smallest absolute Gasteiger partial charge is 0.319 e. The average molecular weight is 335 g/mol. The molecule has 0 saturated heterocycles. The van der Waals surface area contributed by atoms with Gasteiger partial charge in [0.15, 0.2) is 0 Å². The summed E-state index contributed by atoms with van der Waals surface area (Å²) in [5.74, 6) is 0.758. The van der Waals surface area contributed by atoms with Crippen molar-refractivity contribution in [3.8, 4) is 5.75 Å². The van der Waals surface area contributed by atoms with E-state index in [1.54, 1.807) is 43.5 Å². The van der Waals surface area contributed by atoms with Crippen LogP contribution in [0.25, 0.3) is 0 Å². The van der Waals surface area contributed by atoms with Crippen LogP contribution in [0, 0.1) is 6.92 Å². The van der Waals surface area contributed by atoms with Gasteiger partial charge in [0.05, 0.1) is 13.2 Å². The van der Waals surface area contributed by atoms with Crippen molar-refractivity contribution in [2.75, 3.05) is 19.0 Å². The van der Waals surface area contributed by atoms with E-state index in [-0.39, 0.29) is 12.6 Å². The fourth-order valence-electron chi connectivity index (χ4n) is 2.12. The molecular formula is C17H19ClN2O3. The summed E-state index contributed by atoms with van der Waals surface area (Å²) >= 11 is 5.80. The Kier molecular flexibility index (Phi) is 5.84. The van der Waals surface area contributed by atoms with Gasteiger partial charge in [0, 0.05) is 17.3 Å². The van der Waals surface area contributed by atoms with Crippen LogP contribution >= 0.6 is 11.6 Å². The molecule has 0 aliphatic rings. The Bertz CT molecular complexity index is 674. The minimum absolute atomic E-state index is 0.0998. The van der Waals surface area contributed by atoms with E-state index in [4.69, 9.17) is 16.3 Å².